The van der Waals surface area contributed by atoms with Gasteiger partial charge in [0.15, 0.2) is 0 Å². The van der Waals surface area contributed by atoms with Gasteiger partial charge < -0.3 is 4.98 Å². The Morgan fingerprint density at radius 2 is 2.08 bits per heavy atom. The van der Waals surface area contributed by atoms with E-state index in [2.05, 4.69) is 4.98 Å². The molecular formula is C9H12BNO. The van der Waals surface area contributed by atoms with Gasteiger partial charge in [-0.1, -0.05) is 6.07 Å². The molecule has 1 N–H and O–H groups in total. The van der Waals surface area contributed by atoms with E-state index in [1.165, 1.54) is 18.4 Å². The fourth-order valence-electron chi connectivity index (χ4n) is 1.79. The largest absolute Gasteiger partial charge is 0.326 e. The zero-order valence-electron chi connectivity index (χ0n) is 7.31. The van der Waals surface area contributed by atoms with E-state index in [0.29, 0.717) is 0 Å². The molecule has 0 aromatic carbocycles. The van der Waals surface area contributed by atoms with Gasteiger partial charge in [-0.3, -0.25) is 4.79 Å². The highest BCUT2D eigenvalue weighted by molar-refractivity contribution is 6.32. The number of H-pyrrole nitrogens is 1. The Morgan fingerprint density at radius 3 is 2.92 bits per heavy atom. The summed E-state index contributed by atoms with van der Waals surface area (Å²) >= 11 is 0. The number of hydrogen-bond donors (Lipinski definition) is 1. The molecule has 1 heterocycles. The predicted molar refractivity (Wildman–Crippen MR) is 51.9 cm³/mol. The zero-order chi connectivity index (χ0) is 8.55. The van der Waals surface area contributed by atoms with E-state index in [9.17, 15) is 4.79 Å². The molecule has 0 saturated carbocycles. The van der Waals surface area contributed by atoms with Crippen LogP contribution >= 0.6 is 0 Å². The summed E-state index contributed by atoms with van der Waals surface area (Å²) in [6.07, 6.45) is 4.66. The maximum atomic E-state index is 11.2. The molecule has 1 aromatic rings. The number of aryl methyl sites for hydroxylation is 2. The molecule has 2 rings (SSSR count). The molecule has 3 heteroatoms. The number of aromatic amines is 1. The molecule has 0 aliphatic heterocycles. The fraction of sp³-hybridized carbons (Fsp3) is 0.444. The summed E-state index contributed by atoms with van der Waals surface area (Å²) in [5, 5.41) is 0. The van der Waals surface area contributed by atoms with Gasteiger partial charge in [-0.05, 0) is 36.7 Å². The average molecular weight is 161 g/mol. The van der Waals surface area contributed by atoms with Crippen LogP contribution in [0.2, 0.25) is 0 Å². The number of nitrogens with one attached hydrogen (secondary N) is 1. The molecule has 0 unspecified atom stereocenters. The predicted octanol–water partition coefficient (Wildman–Crippen LogP) is -0.488. The van der Waals surface area contributed by atoms with Crippen LogP contribution in [0.15, 0.2) is 10.9 Å². The molecule has 0 spiro atoms. The highest BCUT2D eigenvalue weighted by atomic mass is 16.1. The van der Waals surface area contributed by atoms with Gasteiger partial charge in [0.2, 0.25) is 5.56 Å². The van der Waals surface area contributed by atoms with Gasteiger partial charge in [-0.25, -0.2) is 0 Å². The molecule has 12 heavy (non-hydrogen) atoms. The molecule has 62 valence electrons. The molecule has 0 amide bonds. The number of pyridine rings is 1. The van der Waals surface area contributed by atoms with Gasteiger partial charge in [0.25, 0.3) is 0 Å². The van der Waals surface area contributed by atoms with E-state index in [1.807, 2.05) is 13.9 Å². The van der Waals surface area contributed by atoms with Gasteiger partial charge in [0.1, 0.15) is 7.85 Å². The number of hydrogen-bond acceptors (Lipinski definition) is 1. The van der Waals surface area contributed by atoms with Crippen LogP contribution in [0.5, 0.6) is 0 Å². The lowest BCUT2D eigenvalue weighted by atomic mass is 9.90. The lowest BCUT2D eigenvalue weighted by Gasteiger charge is -2.14. The molecule has 0 saturated heterocycles. The maximum Gasteiger partial charge on any atom is 0.241 e. The van der Waals surface area contributed by atoms with Crippen LogP contribution in [-0.4, -0.2) is 12.8 Å². The van der Waals surface area contributed by atoms with Gasteiger partial charge >= 0.3 is 0 Å². The minimum absolute atomic E-state index is 0.0793. The summed E-state index contributed by atoms with van der Waals surface area (Å²) in [6.45, 7) is 0. The van der Waals surface area contributed by atoms with Crippen molar-refractivity contribution in [1.82, 2.24) is 4.98 Å². The molecule has 1 aliphatic rings. The second-order valence-corrected chi connectivity index (χ2v) is 3.49. The first-order valence-corrected chi connectivity index (χ1v) is 4.49. The highest BCUT2D eigenvalue weighted by Gasteiger charge is 2.10. The number of rotatable bonds is 0. The summed E-state index contributed by atoms with van der Waals surface area (Å²) in [6, 6.07) is 2.04. The first kappa shape index (κ1) is 7.65. The van der Waals surface area contributed by atoms with Crippen molar-refractivity contribution in [1.29, 1.82) is 0 Å². The maximum absolute atomic E-state index is 11.2. The molecule has 0 radical (unpaired) electrons. The van der Waals surface area contributed by atoms with Crippen LogP contribution in [-0.2, 0) is 12.8 Å². The Balaban J connectivity index is 2.56. The second kappa shape index (κ2) is 2.81. The topological polar surface area (TPSA) is 32.9 Å². The summed E-state index contributed by atoms with van der Waals surface area (Å²) in [5.74, 6) is 0. The van der Waals surface area contributed by atoms with Crippen LogP contribution in [0, 0.1) is 0 Å². The third-order valence-electron chi connectivity index (χ3n) is 2.52. The zero-order valence-corrected chi connectivity index (χ0v) is 7.31. The van der Waals surface area contributed by atoms with Crippen molar-refractivity contribution in [2.24, 2.45) is 0 Å². The van der Waals surface area contributed by atoms with Gasteiger partial charge in [0.05, 0.1) is 0 Å². The minimum atomic E-state index is 0.0793. The van der Waals surface area contributed by atoms with E-state index >= 15 is 0 Å². The normalized spacial score (nSPS) is 15.7. The van der Waals surface area contributed by atoms with Crippen LogP contribution < -0.4 is 11.0 Å². The van der Waals surface area contributed by atoms with Crippen molar-refractivity contribution in [2.45, 2.75) is 25.7 Å². The van der Waals surface area contributed by atoms with Crippen molar-refractivity contribution in [3.8, 4) is 0 Å². The van der Waals surface area contributed by atoms with Crippen molar-refractivity contribution in [3.05, 3.63) is 27.7 Å². The van der Waals surface area contributed by atoms with Crippen molar-refractivity contribution in [3.63, 3.8) is 0 Å². The van der Waals surface area contributed by atoms with E-state index in [0.717, 1.165) is 24.0 Å². The first-order valence-electron chi connectivity index (χ1n) is 4.49. The Kier molecular flexibility index (Phi) is 1.79. The van der Waals surface area contributed by atoms with E-state index in [1.54, 1.807) is 0 Å². The molecule has 1 aliphatic carbocycles. The van der Waals surface area contributed by atoms with Crippen LogP contribution in [0.25, 0.3) is 0 Å². The van der Waals surface area contributed by atoms with Crippen LogP contribution in [0.3, 0.4) is 0 Å². The van der Waals surface area contributed by atoms with Gasteiger partial charge in [0, 0.05) is 5.69 Å². The molecule has 2 nitrogen and oxygen atoms in total. The molecule has 1 aromatic heterocycles. The molecular weight excluding hydrogens is 149 g/mol. The lowest BCUT2D eigenvalue weighted by molar-refractivity contribution is 0.666. The van der Waals surface area contributed by atoms with Crippen molar-refractivity contribution < 1.29 is 0 Å². The monoisotopic (exact) mass is 161 g/mol. The quantitative estimate of drug-likeness (QED) is 0.512. The summed E-state index contributed by atoms with van der Waals surface area (Å²) in [4.78, 5) is 14.2. The van der Waals surface area contributed by atoms with Crippen molar-refractivity contribution >= 4 is 13.3 Å². The minimum Gasteiger partial charge on any atom is -0.326 e. The first-order chi connectivity index (χ1) is 5.77. The summed E-state index contributed by atoms with van der Waals surface area (Å²) in [5.41, 5.74) is 3.43. The summed E-state index contributed by atoms with van der Waals surface area (Å²) in [7, 11) is 1.87. The van der Waals surface area contributed by atoms with E-state index in [-0.39, 0.29) is 5.56 Å². The van der Waals surface area contributed by atoms with E-state index in [4.69, 9.17) is 0 Å². The fourth-order valence-corrected chi connectivity index (χ4v) is 1.79. The van der Waals surface area contributed by atoms with Crippen LogP contribution in [0.4, 0.5) is 0 Å². The Labute approximate surface area is 72.4 Å². The van der Waals surface area contributed by atoms with Gasteiger partial charge in [-0.15, -0.1) is 0 Å². The Morgan fingerprint density at radius 1 is 1.33 bits per heavy atom. The van der Waals surface area contributed by atoms with Gasteiger partial charge in [-0.2, -0.15) is 0 Å². The highest BCUT2D eigenvalue weighted by Crippen LogP contribution is 2.16. The number of aromatic nitrogens is 1. The Hall–Kier alpha value is -0.985. The van der Waals surface area contributed by atoms with Crippen molar-refractivity contribution in [2.75, 3.05) is 0 Å². The summed E-state index contributed by atoms with van der Waals surface area (Å²) < 4.78 is 0. The standard InChI is InChI=1S/C9H12BNO/c10-7-5-6-3-1-2-4-8(6)11-9(7)12/h5H,1-4,10H2,(H,11,12). The SMILES string of the molecule is Bc1cc2c([nH]c1=O)CCCC2. The third kappa shape index (κ3) is 1.19. The molecule has 0 bridgehead atoms. The average Bonchev–Trinajstić information content (AvgIpc) is 2.07. The molecule has 0 fully saturated rings. The van der Waals surface area contributed by atoms with Crippen LogP contribution in [0.1, 0.15) is 24.1 Å². The third-order valence-corrected chi connectivity index (χ3v) is 2.52. The smallest absolute Gasteiger partial charge is 0.241 e. The second-order valence-electron chi connectivity index (χ2n) is 3.49. The number of fused-ring (bicyclic) bond motifs is 1. The molecule has 0 atom stereocenters. The lowest BCUT2D eigenvalue weighted by Crippen LogP contribution is -2.30. The van der Waals surface area contributed by atoms with E-state index < -0.39 is 0 Å². The Bertz CT molecular complexity index is 356.